The highest BCUT2D eigenvalue weighted by atomic mass is 19.3. The van der Waals surface area contributed by atoms with E-state index in [9.17, 15) is 22.8 Å². The van der Waals surface area contributed by atoms with Crippen molar-refractivity contribution >= 4 is 17.6 Å². The van der Waals surface area contributed by atoms with Gasteiger partial charge in [-0.05, 0) is 30.7 Å². The summed E-state index contributed by atoms with van der Waals surface area (Å²) in [6.07, 6.45) is -0.664. The van der Waals surface area contributed by atoms with Crippen molar-refractivity contribution in [3.8, 4) is 5.75 Å². The number of ether oxygens (including phenoxy) is 1. The third kappa shape index (κ3) is 5.04. The Bertz CT molecular complexity index is 1050. The number of aromatic carboxylic acids is 1. The van der Waals surface area contributed by atoms with Crippen molar-refractivity contribution in [3.05, 3.63) is 64.5 Å². The maximum atomic E-state index is 14.9. The van der Waals surface area contributed by atoms with Crippen LogP contribution in [0, 0.1) is 18.7 Å². The molecule has 1 aliphatic rings. The molecule has 31 heavy (non-hydrogen) atoms. The van der Waals surface area contributed by atoms with Gasteiger partial charge in [-0.1, -0.05) is 25.1 Å². The third-order valence-electron chi connectivity index (χ3n) is 5.01. The number of carboxylic acids is 1. The molecule has 1 heterocycles. The topological polar surface area (TPSA) is 88.0 Å². The summed E-state index contributed by atoms with van der Waals surface area (Å²) < 4.78 is 49.0. The zero-order valence-corrected chi connectivity index (χ0v) is 16.9. The van der Waals surface area contributed by atoms with Crippen molar-refractivity contribution in [2.45, 2.75) is 32.6 Å². The molecule has 0 spiro atoms. The molecular formula is C22H21F3N2O4. The van der Waals surface area contributed by atoms with Gasteiger partial charge in [-0.3, -0.25) is 4.79 Å². The molecule has 0 aromatic heterocycles. The number of carbonyl (C=O) groups is 2. The Morgan fingerprint density at radius 2 is 2.00 bits per heavy atom. The number of halogens is 3. The number of hydrazone groups is 1. The molecule has 2 aromatic carbocycles. The second-order valence-electron chi connectivity index (χ2n) is 7.47. The molecule has 1 aliphatic heterocycles. The fourth-order valence-electron chi connectivity index (χ4n) is 3.40. The maximum absolute atomic E-state index is 14.9. The Kier molecular flexibility index (Phi) is 6.33. The molecule has 0 fully saturated rings. The fraction of sp³-hybridized carbons (Fsp3) is 0.318. The molecule has 1 unspecified atom stereocenters. The summed E-state index contributed by atoms with van der Waals surface area (Å²) >= 11 is 0. The molecule has 1 atom stereocenters. The smallest absolute Gasteiger partial charge is 0.335 e. The van der Waals surface area contributed by atoms with Gasteiger partial charge in [0.1, 0.15) is 11.6 Å². The minimum atomic E-state index is -3.38. The summed E-state index contributed by atoms with van der Waals surface area (Å²) in [5, 5.41) is 13.1. The van der Waals surface area contributed by atoms with Gasteiger partial charge in [-0.15, -0.1) is 0 Å². The molecule has 2 N–H and O–H groups in total. The Hall–Kier alpha value is -3.36. The van der Waals surface area contributed by atoms with Gasteiger partial charge in [0.15, 0.2) is 6.61 Å². The summed E-state index contributed by atoms with van der Waals surface area (Å²) in [5.74, 6) is -5.95. The Labute approximate surface area is 176 Å². The Balaban J connectivity index is 1.75. The van der Waals surface area contributed by atoms with E-state index in [0.717, 1.165) is 0 Å². The number of nitrogens with zero attached hydrogens (tertiary/aromatic N) is 1. The van der Waals surface area contributed by atoms with E-state index in [-0.39, 0.29) is 46.2 Å². The minimum Gasteiger partial charge on any atom is -0.487 e. The van der Waals surface area contributed by atoms with E-state index < -0.39 is 30.7 Å². The summed E-state index contributed by atoms with van der Waals surface area (Å²) in [6.45, 7) is 2.10. The summed E-state index contributed by atoms with van der Waals surface area (Å²) in [6, 6.07) is 8.27. The molecule has 0 radical (unpaired) electrons. The number of carboxylic acid groups (broad SMARTS) is 1. The van der Waals surface area contributed by atoms with Crippen LogP contribution in [0.4, 0.5) is 13.2 Å². The zero-order chi connectivity index (χ0) is 22.8. The van der Waals surface area contributed by atoms with Gasteiger partial charge in [-0.2, -0.15) is 5.10 Å². The van der Waals surface area contributed by atoms with Crippen LogP contribution >= 0.6 is 0 Å². The van der Waals surface area contributed by atoms with Crippen LogP contribution in [-0.4, -0.2) is 35.2 Å². The predicted molar refractivity (Wildman–Crippen MR) is 107 cm³/mol. The minimum absolute atomic E-state index is 0.0202. The van der Waals surface area contributed by atoms with Crippen LogP contribution in [0.3, 0.4) is 0 Å². The normalized spacial score (nSPS) is 16.5. The van der Waals surface area contributed by atoms with E-state index in [1.165, 1.54) is 43.3 Å². The number of nitrogens with one attached hydrogen (secondary N) is 1. The van der Waals surface area contributed by atoms with Crippen LogP contribution in [0.1, 0.15) is 40.4 Å². The molecule has 0 aliphatic carbocycles. The van der Waals surface area contributed by atoms with Crippen molar-refractivity contribution in [2.24, 2.45) is 11.0 Å². The number of rotatable bonds is 7. The number of carbonyl (C=O) groups excluding carboxylic acids is 1. The van der Waals surface area contributed by atoms with Crippen LogP contribution in [0.5, 0.6) is 5.75 Å². The predicted octanol–water partition coefficient (Wildman–Crippen LogP) is 3.95. The first-order valence-corrected chi connectivity index (χ1v) is 9.57. The van der Waals surface area contributed by atoms with Crippen molar-refractivity contribution in [1.82, 2.24) is 5.43 Å². The van der Waals surface area contributed by atoms with Crippen LogP contribution < -0.4 is 10.2 Å². The van der Waals surface area contributed by atoms with E-state index in [1.807, 2.05) is 0 Å². The highest BCUT2D eigenvalue weighted by Gasteiger charge is 2.33. The number of alkyl halides is 2. The molecule has 2 aromatic rings. The van der Waals surface area contributed by atoms with Crippen LogP contribution in [0.15, 0.2) is 41.5 Å². The lowest BCUT2D eigenvalue weighted by atomic mass is 9.92. The number of benzene rings is 2. The summed E-state index contributed by atoms with van der Waals surface area (Å²) in [7, 11) is 0. The average Bonchev–Trinajstić information content (AvgIpc) is 2.70. The standard InChI is InChI=1S/C22H21F3N2O4/c1-12-9-18(28)26-27-20(12)16-7-8-17(13(2)19(16)23)31-11-22(24,25)10-14-5-3-4-6-15(14)21(29)30/h3-8,12H,9-11H2,1-2H3,(H,26,28)(H,29,30). The molecule has 6 nitrogen and oxygen atoms in total. The second-order valence-corrected chi connectivity index (χ2v) is 7.47. The number of amides is 1. The van der Waals surface area contributed by atoms with Crippen molar-refractivity contribution in [3.63, 3.8) is 0 Å². The third-order valence-corrected chi connectivity index (χ3v) is 5.01. The van der Waals surface area contributed by atoms with Crippen LogP contribution in [-0.2, 0) is 11.2 Å². The first kappa shape index (κ1) is 22.3. The molecule has 164 valence electrons. The second kappa shape index (κ2) is 8.79. The monoisotopic (exact) mass is 434 g/mol. The lowest BCUT2D eigenvalue weighted by molar-refractivity contribution is -0.121. The van der Waals surface area contributed by atoms with E-state index in [0.29, 0.717) is 5.71 Å². The van der Waals surface area contributed by atoms with Crippen LogP contribution in [0.25, 0.3) is 0 Å². The van der Waals surface area contributed by atoms with E-state index in [4.69, 9.17) is 9.84 Å². The van der Waals surface area contributed by atoms with Crippen LogP contribution in [0.2, 0.25) is 0 Å². The van der Waals surface area contributed by atoms with Gasteiger partial charge in [0.25, 0.3) is 5.92 Å². The quantitative estimate of drug-likeness (QED) is 0.691. The van der Waals surface area contributed by atoms with Gasteiger partial charge in [0.05, 0.1) is 11.3 Å². The lowest BCUT2D eigenvalue weighted by Crippen LogP contribution is -2.32. The molecule has 0 saturated heterocycles. The molecule has 9 heteroatoms. The lowest BCUT2D eigenvalue weighted by Gasteiger charge is -2.22. The molecule has 0 bridgehead atoms. The van der Waals surface area contributed by atoms with Crippen molar-refractivity contribution in [1.29, 1.82) is 0 Å². The average molecular weight is 434 g/mol. The summed E-state index contributed by atoms with van der Waals surface area (Å²) in [5.41, 5.74) is 2.65. The van der Waals surface area contributed by atoms with Gasteiger partial charge < -0.3 is 9.84 Å². The number of hydrogen-bond donors (Lipinski definition) is 2. The Morgan fingerprint density at radius 3 is 2.68 bits per heavy atom. The van der Waals surface area contributed by atoms with E-state index in [1.54, 1.807) is 6.92 Å². The highest BCUT2D eigenvalue weighted by Crippen LogP contribution is 2.29. The largest absolute Gasteiger partial charge is 0.487 e. The molecule has 1 amide bonds. The molecule has 0 saturated carbocycles. The van der Waals surface area contributed by atoms with Gasteiger partial charge in [0.2, 0.25) is 5.91 Å². The maximum Gasteiger partial charge on any atom is 0.335 e. The summed E-state index contributed by atoms with van der Waals surface area (Å²) in [4.78, 5) is 22.6. The highest BCUT2D eigenvalue weighted by molar-refractivity contribution is 6.06. The van der Waals surface area contributed by atoms with Gasteiger partial charge >= 0.3 is 5.97 Å². The van der Waals surface area contributed by atoms with Crippen molar-refractivity contribution in [2.75, 3.05) is 6.61 Å². The first-order chi connectivity index (χ1) is 14.6. The Morgan fingerprint density at radius 1 is 1.29 bits per heavy atom. The van der Waals surface area contributed by atoms with E-state index >= 15 is 0 Å². The van der Waals surface area contributed by atoms with Gasteiger partial charge in [0, 0.05) is 29.9 Å². The molecular weight excluding hydrogens is 413 g/mol. The van der Waals surface area contributed by atoms with Crippen molar-refractivity contribution < 1.29 is 32.6 Å². The van der Waals surface area contributed by atoms with E-state index in [2.05, 4.69) is 10.5 Å². The SMILES string of the molecule is Cc1c(OCC(F)(F)Cc2ccccc2C(=O)O)ccc(C2=NNC(=O)CC2C)c1F. The number of hydrogen-bond acceptors (Lipinski definition) is 4. The first-order valence-electron chi connectivity index (χ1n) is 9.57. The fourth-order valence-corrected chi connectivity index (χ4v) is 3.40. The molecule has 3 rings (SSSR count). The zero-order valence-electron chi connectivity index (χ0n) is 16.9. The van der Waals surface area contributed by atoms with Gasteiger partial charge in [-0.25, -0.2) is 23.4 Å².